The van der Waals surface area contributed by atoms with Crippen LogP contribution in [0.15, 0.2) is 18.2 Å². The molecule has 0 radical (unpaired) electrons. The zero-order valence-electron chi connectivity index (χ0n) is 9.21. The zero-order chi connectivity index (χ0) is 11.8. The lowest BCUT2D eigenvalue weighted by Crippen LogP contribution is -2.60. The SMILES string of the molecule is CCC1(O)CN(Cc2cccc(Cl)c2F)C1. The molecule has 0 aliphatic carbocycles. The van der Waals surface area contributed by atoms with Crippen molar-refractivity contribution >= 4 is 11.6 Å². The zero-order valence-corrected chi connectivity index (χ0v) is 9.97. The maximum atomic E-state index is 13.6. The summed E-state index contributed by atoms with van der Waals surface area (Å²) in [5.74, 6) is -0.351. The van der Waals surface area contributed by atoms with Crippen LogP contribution < -0.4 is 0 Å². The lowest BCUT2D eigenvalue weighted by molar-refractivity contribution is -0.103. The molecule has 1 heterocycles. The molecule has 0 saturated carbocycles. The van der Waals surface area contributed by atoms with E-state index >= 15 is 0 Å². The average Bonchev–Trinajstić information content (AvgIpc) is 2.22. The van der Waals surface area contributed by atoms with E-state index < -0.39 is 5.60 Å². The van der Waals surface area contributed by atoms with Gasteiger partial charge in [0.25, 0.3) is 0 Å². The van der Waals surface area contributed by atoms with E-state index in [1.54, 1.807) is 18.2 Å². The number of halogens is 2. The van der Waals surface area contributed by atoms with Crippen molar-refractivity contribution in [2.45, 2.75) is 25.5 Å². The summed E-state index contributed by atoms with van der Waals surface area (Å²) in [5.41, 5.74) is 0.0142. The van der Waals surface area contributed by atoms with Crippen molar-refractivity contribution in [1.29, 1.82) is 0 Å². The smallest absolute Gasteiger partial charge is 0.146 e. The Morgan fingerprint density at radius 2 is 2.19 bits per heavy atom. The van der Waals surface area contributed by atoms with Gasteiger partial charge in [-0.2, -0.15) is 0 Å². The number of likely N-dealkylation sites (tertiary alicyclic amines) is 1. The van der Waals surface area contributed by atoms with Gasteiger partial charge in [-0.05, 0) is 12.5 Å². The van der Waals surface area contributed by atoms with Gasteiger partial charge in [0.2, 0.25) is 0 Å². The minimum absolute atomic E-state index is 0.156. The van der Waals surface area contributed by atoms with Crippen LogP contribution in [0.25, 0.3) is 0 Å². The Kier molecular flexibility index (Phi) is 3.19. The van der Waals surface area contributed by atoms with Gasteiger partial charge in [-0.25, -0.2) is 4.39 Å². The molecule has 1 aliphatic rings. The van der Waals surface area contributed by atoms with Crippen LogP contribution in [0.1, 0.15) is 18.9 Å². The molecule has 0 spiro atoms. The van der Waals surface area contributed by atoms with Crippen molar-refractivity contribution in [2.24, 2.45) is 0 Å². The number of β-amino-alcohol motifs (C(OH)–C–C–N with tert-alkyl or cyclic N) is 1. The van der Waals surface area contributed by atoms with Crippen LogP contribution in [0.4, 0.5) is 4.39 Å². The van der Waals surface area contributed by atoms with E-state index in [0.29, 0.717) is 25.2 Å². The van der Waals surface area contributed by atoms with E-state index in [1.807, 2.05) is 11.8 Å². The topological polar surface area (TPSA) is 23.5 Å². The van der Waals surface area contributed by atoms with Crippen molar-refractivity contribution < 1.29 is 9.50 Å². The van der Waals surface area contributed by atoms with E-state index in [9.17, 15) is 9.50 Å². The number of hydrogen-bond acceptors (Lipinski definition) is 2. The first-order valence-corrected chi connectivity index (χ1v) is 5.79. The molecule has 2 nitrogen and oxygen atoms in total. The lowest BCUT2D eigenvalue weighted by atomic mass is 9.91. The van der Waals surface area contributed by atoms with Gasteiger partial charge in [0, 0.05) is 25.2 Å². The lowest BCUT2D eigenvalue weighted by Gasteiger charge is -2.46. The Morgan fingerprint density at radius 3 is 2.81 bits per heavy atom. The molecule has 1 saturated heterocycles. The summed E-state index contributed by atoms with van der Waals surface area (Å²) >= 11 is 5.70. The molecule has 0 aromatic heterocycles. The Morgan fingerprint density at radius 1 is 1.50 bits per heavy atom. The van der Waals surface area contributed by atoms with E-state index in [0.717, 1.165) is 6.42 Å². The monoisotopic (exact) mass is 243 g/mol. The Bertz CT molecular complexity index is 391. The second-order valence-electron chi connectivity index (χ2n) is 4.44. The summed E-state index contributed by atoms with van der Waals surface area (Å²) in [5, 5.41) is 9.99. The van der Waals surface area contributed by atoms with E-state index in [4.69, 9.17) is 11.6 Å². The molecule has 1 aromatic rings. The molecule has 0 amide bonds. The predicted octanol–water partition coefficient (Wildman–Crippen LogP) is 2.44. The average molecular weight is 244 g/mol. The van der Waals surface area contributed by atoms with Gasteiger partial charge in [-0.15, -0.1) is 0 Å². The molecule has 0 bridgehead atoms. The maximum Gasteiger partial charge on any atom is 0.146 e. The predicted molar refractivity (Wildman–Crippen MR) is 61.9 cm³/mol. The second kappa shape index (κ2) is 4.32. The fraction of sp³-hybridized carbons (Fsp3) is 0.500. The normalized spacial score (nSPS) is 19.5. The summed E-state index contributed by atoms with van der Waals surface area (Å²) in [6.45, 7) is 3.68. The molecule has 2 rings (SSSR count). The molecular weight excluding hydrogens is 229 g/mol. The van der Waals surface area contributed by atoms with Gasteiger partial charge < -0.3 is 5.11 Å². The Balaban J connectivity index is 1.99. The third-order valence-electron chi connectivity index (χ3n) is 3.12. The van der Waals surface area contributed by atoms with Crippen molar-refractivity contribution in [1.82, 2.24) is 4.90 Å². The van der Waals surface area contributed by atoms with Gasteiger partial charge in [-0.3, -0.25) is 4.90 Å². The largest absolute Gasteiger partial charge is 0.387 e. The fourth-order valence-corrected chi connectivity index (χ4v) is 2.23. The van der Waals surface area contributed by atoms with E-state index in [-0.39, 0.29) is 10.8 Å². The first-order valence-electron chi connectivity index (χ1n) is 5.42. The molecule has 4 heteroatoms. The summed E-state index contributed by atoms with van der Waals surface area (Å²) in [7, 11) is 0. The molecule has 1 N–H and O–H groups in total. The molecule has 88 valence electrons. The quantitative estimate of drug-likeness (QED) is 0.882. The number of nitrogens with zero attached hydrogens (tertiary/aromatic N) is 1. The summed E-state index contributed by atoms with van der Waals surface area (Å²) in [4.78, 5) is 2.01. The van der Waals surface area contributed by atoms with E-state index in [1.165, 1.54) is 0 Å². The van der Waals surface area contributed by atoms with Crippen LogP contribution in [0.2, 0.25) is 5.02 Å². The minimum Gasteiger partial charge on any atom is -0.387 e. The highest BCUT2D eigenvalue weighted by Gasteiger charge is 2.39. The van der Waals surface area contributed by atoms with Crippen LogP contribution in [0, 0.1) is 5.82 Å². The molecule has 1 aliphatic heterocycles. The van der Waals surface area contributed by atoms with Crippen molar-refractivity contribution in [2.75, 3.05) is 13.1 Å². The van der Waals surface area contributed by atoms with Gasteiger partial charge in [-0.1, -0.05) is 30.7 Å². The first-order chi connectivity index (χ1) is 7.54. The molecular formula is C12H15ClFNO. The number of rotatable bonds is 3. The highest BCUT2D eigenvalue weighted by atomic mass is 35.5. The molecule has 1 fully saturated rings. The third kappa shape index (κ3) is 2.21. The maximum absolute atomic E-state index is 13.6. The summed E-state index contributed by atoms with van der Waals surface area (Å²) < 4.78 is 13.6. The Hall–Kier alpha value is -0.640. The van der Waals surface area contributed by atoms with Crippen LogP contribution >= 0.6 is 11.6 Å². The van der Waals surface area contributed by atoms with Crippen LogP contribution in [0.3, 0.4) is 0 Å². The standard InChI is InChI=1S/C12H15ClFNO/c1-2-12(16)7-15(8-12)6-9-4-3-5-10(13)11(9)14/h3-5,16H,2,6-8H2,1H3. The van der Waals surface area contributed by atoms with Crippen molar-refractivity contribution in [3.8, 4) is 0 Å². The highest BCUT2D eigenvalue weighted by Crippen LogP contribution is 2.27. The summed E-state index contributed by atoms with van der Waals surface area (Å²) in [6, 6.07) is 5.01. The molecule has 0 unspecified atom stereocenters. The van der Waals surface area contributed by atoms with Gasteiger partial charge in [0.05, 0.1) is 10.6 Å². The summed E-state index contributed by atoms with van der Waals surface area (Å²) in [6.07, 6.45) is 0.738. The van der Waals surface area contributed by atoms with Gasteiger partial charge in [0.1, 0.15) is 5.82 Å². The van der Waals surface area contributed by atoms with E-state index in [2.05, 4.69) is 0 Å². The highest BCUT2D eigenvalue weighted by molar-refractivity contribution is 6.30. The van der Waals surface area contributed by atoms with Crippen molar-refractivity contribution in [3.63, 3.8) is 0 Å². The third-order valence-corrected chi connectivity index (χ3v) is 3.41. The van der Waals surface area contributed by atoms with Crippen LogP contribution in [0.5, 0.6) is 0 Å². The van der Waals surface area contributed by atoms with Gasteiger partial charge >= 0.3 is 0 Å². The van der Waals surface area contributed by atoms with Gasteiger partial charge in [0.15, 0.2) is 0 Å². The molecule has 0 atom stereocenters. The second-order valence-corrected chi connectivity index (χ2v) is 4.84. The van der Waals surface area contributed by atoms with Crippen LogP contribution in [-0.2, 0) is 6.54 Å². The number of benzene rings is 1. The molecule has 1 aromatic carbocycles. The first kappa shape index (κ1) is 11.8. The van der Waals surface area contributed by atoms with Crippen molar-refractivity contribution in [3.05, 3.63) is 34.6 Å². The fourth-order valence-electron chi connectivity index (χ4n) is 2.03. The number of hydrogen-bond donors (Lipinski definition) is 1. The molecule has 16 heavy (non-hydrogen) atoms. The minimum atomic E-state index is -0.574. The van der Waals surface area contributed by atoms with Crippen LogP contribution in [-0.4, -0.2) is 28.7 Å². The Labute approximate surface area is 99.6 Å². The number of aliphatic hydroxyl groups is 1.